The van der Waals surface area contributed by atoms with Crippen LogP contribution in [0.5, 0.6) is 11.5 Å². The molecular formula is C34H36ClFN4O4. The summed E-state index contributed by atoms with van der Waals surface area (Å²) in [7, 11) is 0. The average molecular weight is 619 g/mol. The first-order chi connectivity index (χ1) is 21.3. The maximum Gasteiger partial charge on any atom is 0.335 e. The zero-order valence-electron chi connectivity index (χ0n) is 24.8. The van der Waals surface area contributed by atoms with Gasteiger partial charge in [0.1, 0.15) is 11.6 Å². The molecule has 1 aromatic heterocycles. The smallest absolute Gasteiger partial charge is 0.335 e. The number of carboxylic acid groups (broad SMARTS) is 1. The van der Waals surface area contributed by atoms with Crippen molar-refractivity contribution in [2.45, 2.75) is 57.4 Å². The Morgan fingerprint density at radius 1 is 1.02 bits per heavy atom. The molecule has 1 N–H and O–H groups in total. The number of likely N-dealkylation sites (tertiary alicyclic amines) is 2. The van der Waals surface area contributed by atoms with Crippen LogP contribution < -0.4 is 9.47 Å². The first kappa shape index (κ1) is 29.1. The molecule has 1 unspecified atom stereocenters. The normalized spacial score (nSPS) is 21.0. The quantitative estimate of drug-likeness (QED) is 0.237. The number of carbonyl (C=O) groups is 1. The van der Waals surface area contributed by atoms with E-state index in [0.717, 1.165) is 74.5 Å². The third kappa shape index (κ3) is 5.53. The highest BCUT2D eigenvalue weighted by molar-refractivity contribution is 6.30. The standard InChI is InChI=1S/C34H36ClFN4O4/c1-34(26-9-8-24(35)20-27(26)36)43-30-6-4-5-25(32(30)44-34)22-11-15-39(16-12-22)21-31-37-28-10-7-23(33(41)42)19-29(28)40(31)18-17-38-13-2-3-14-38/h4-10,19-20,22H,2-3,11-18,21H2,1H3,(H,41,42). The van der Waals surface area contributed by atoms with E-state index in [1.54, 1.807) is 31.2 Å². The minimum Gasteiger partial charge on any atom is -0.478 e. The highest BCUT2D eigenvalue weighted by atomic mass is 35.5. The van der Waals surface area contributed by atoms with Crippen molar-refractivity contribution in [3.8, 4) is 11.5 Å². The topological polar surface area (TPSA) is 80.1 Å². The van der Waals surface area contributed by atoms with Gasteiger partial charge in [-0.2, -0.15) is 0 Å². The highest BCUT2D eigenvalue weighted by Gasteiger charge is 2.43. The van der Waals surface area contributed by atoms with Crippen LogP contribution >= 0.6 is 11.6 Å². The lowest BCUT2D eigenvalue weighted by Gasteiger charge is -2.32. The monoisotopic (exact) mass is 618 g/mol. The lowest BCUT2D eigenvalue weighted by molar-refractivity contribution is -0.0712. The minimum atomic E-state index is -1.28. The molecule has 0 bridgehead atoms. The number of aromatic carboxylic acids is 1. The van der Waals surface area contributed by atoms with E-state index < -0.39 is 17.6 Å². The molecule has 0 aliphatic carbocycles. The van der Waals surface area contributed by atoms with Gasteiger partial charge in [0.15, 0.2) is 11.5 Å². The number of hydrogen-bond donors (Lipinski definition) is 1. The summed E-state index contributed by atoms with van der Waals surface area (Å²) in [5.74, 6) is -0.123. The minimum absolute atomic E-state index is 0.273. The van der Waals surface area contributed by atoms with Crippen molar-refractivity contribution in [1.29, 1.82) is 0 Å². The molecule has 0 radical (unpaired) electrons. The van der Waals surface area contributed by atoms with Gasteiger partial charge in [0.2, 0.25) is 0 Å². The van der Waals surface area contributed by atoms with Crippen LogP contribution in [0.3, 0.4) is 0 Å². The van der Waals surface area contributed by atoms with Crippen molar-refractivity contribution in [3.63, 3.8) is 0 Å². The Balaban J connectivity index is 1.07. The highest BCUT2D eigenvalue weighted by Crippen LogP contribution is 2.49. The number of rotatable bonds is 8. The summed E-state index contributed by atoms with van der Waals surface area (Å²) in [6.45, 7) is 8.14. The van der Waals surface area contributed by atoms with E-state index >= 15 is 0 Å². The number of piperidine rings is 1. The van der Waals surface area contributed by atoms with E-state index in [-0.39, 0.29) is 11.5 Å². The van der Waals surface area contributed by atoms with Crippen molar-refractivity contribution < 1.29 is 23.8 Å². The number of carboxylic acids is 1. The van der Waals surface area contributed by atoms with Gasteiger partial charge in [-0.05, 0) is 100 Å². The first-order valence-corrected chi connectivity index (χ1v) is 15.8. The van der Waals surface area contributed by atoms with Crippen molar-refractivity contribution in [2.75, 3.05) is 32.7 Å². The maximum atomic E-state index is 14.8. The number of hydrogen-bond acceptors (Lipinski definition) is 6. The number of para-hydroxylation sites is 1. The van der Waals surface area contributed by atoms with E-state index in [1.807, 2.05) is 18.2 Å². The molecule has 1 atom stereocenters. The molecule has 3 aliphatic heterocycles. The molecule has 3 aliphatic rings. The van der Waals surface area contributed by atoms with Gasteiger partial charge in [0.05, 0.1) is 28.7 Å². The summed E-state index contributed by atoms with van der Waals surface area (Å²) in [6.07, 6.45) is 4.33. The van der Waals surface area contributed by atoms with Crippen molar-refractivity contribution in [2.24, 2.45) is 0 Å². The Morgan fingerprint density at radius 2 is 1.82 bits per heavy atom. The molecule has 10 heteroatoms. The third-order valence-corrected chi connectivity index (χ3v) is 9.57. The summed E-state index contributed by atoms with van der Waals surface area (Å²) in [5.41, 5.74) is 3.38. The van der Waals surface area contributed by atoms with Crippen LogP contribution in [-0.2, 0) is 18.9 Å². The van der Waals surface area contributed by atoms with Crippen LogP contribution in [0, 0.1) is 5.82 Å². The van der Waals surface area contributed by atoms with Gasteiger partial charge < -0.3 is 24.0 Å². The predicted molar refractivity (Wildman–Crippen MR) is 166 cm³/mol. The SMILES string of the molecule is CC1(c2ccc(Cl)cc2F)Oc2cccc(C3CCN(Cc4nc5ccc(C(=O)O)cc5n4CCN4CCCC4)CC3)c2O1. The summed E-state index contributed by atoms with van der Waals surface area (Å²) in [6, 6.07) is 15.7. The Bertz CT molecular complexity index is 1710. The van der Waals surface area contributed by atoms with Gasteiger partial charge in [-0.15, -0.1) is 0 Å². The summed E-state index contributed by atoms with van der Waals surface area (Å²) < 4.78 is 29.6. The van der Waals surface area contributed by atoms with Crippen LogP contribution in [0.1, 0.15) is 65.8 Å². The molecule has 8 nitrogen and oxygen atoms in total. The lowest BCUT2D eigenvalue weighted by Crippen LogP contribution is -2.34. The van der Waals surface area contributed by atoms with Crippen LogP contribution in [-0.4, -0.2) is 63.2 Å². The largest absolute Gasteiger partial charge is 0.478 e. The Labute approximate surface area is 260 Å². The van der Waals surface area contributed by atoms with Gasteiger partial charge in [-0.1, -0.05) is 23.7 Å². The summed E-state index contributed by atoms with van der Waals surface area (Å²) >= 11 is 5.98. The molecule has 4 heterocycles. The number of halogens is 2. The van der Waals surface area contributed by atoms with Gasteiger partial charge in [-0.3, -0.25) is 4.90 Å². The lowest BCUT2D eigenvalue weighted by atomic mass is 9.88. The van der Waals surface area contributed by atoms with Crippen LogP contribution in [0.2, 0.25) is 5.02 Å². The Kier molecular flexibility index (Phi) is 7.72. The molecule has 44 heavy (non-hydrogen) atoms. The van der Waals surface area contributed by atoms with Gasteiger partial charge in [0, 0.05) is 30.6 Å². The fourth-order valence-corrected chi connectivity index (χ4v) is 7.12. The Morgan fingerprint density at radius 3 is 2.57 bits per heavy atom. The van der Waals surface area contributed by atoms with Gasteiger partial charge in [0.25, 0.3) is 5.79 Å². The molecule has 3 aromatic carbocycles. The fourth-order valence-electron chi connectivity index (χ4n) is 6.96. The second-order valence-electron chi connectivity index (χ2n) is 12.2. The molecule has 7 rings (SSSR count). The van der Waals surface area contributed by atoms with Crippen LogP contribution in [0.15, 0.2) is 54.6 Å². The van der Waals surface area contributed by atoms with E-state index in [4.69, 9.17) is 26.1 Å². The number of fused-ring (bicyclic) bond motifs is 2. The van der Waals surface area contributed by atoms with Crippen LogP contribution in [0.4, 0.5) is 4.39 Å². The summed E-state index contributed by atoms with van der Waals surface area (Å²) in [4.78, 5) is 21.6. The summed E-state index contributed by atoms with van der Waals surface area (Å²) in [5, 5.41) is 9.93. The molecule has 2 fully saturated rings. The number of imidazole rings is 1. The maximum absolute atomic E-state index is 14.8. The number of ether oxygens (including phenoxy) is 2. The van der Waals surface area contributed by atoms with E-state index in [0.29, 0.717) is 28.6 Å². The fraction of sp³-hybridized carbons (Fsp3) is 0.412. The molecule has 2 saturated heterocycles. The van der Waals surface area contributed by atoms with Crippen molar-refractivity contribution in [1.82, 2.24) is 19.4 Å². The van der Waals surface area contributed by atoms with E-state index in [2.05, 4.69) is 20.4 Å². The molecule has 0 saturated carbocycles. The van der Waals surface area contributed by atoms with Crippen molar-refractivity contribution >= 4 is 28.6 Å². The number of aromatic nitrogens is 2. The second-order valence-corrected chi connectivity index (χ2v) is 12.7. The van der Waals surface area contributed by atoms with Gasteiger partial charge in [-0.25, -0.2) is 14.2 Å². The molecule has 4 aromatic rings. The van der Waals surface area contributed by atoms with E-state index in [1.165, 1.54) is 18.9 Å². The predicted octanol–water partition coefficient (Wildman–Crippen LogP) is 6.65. The molecule has 0 amide bonds. The third-order valence-electron chi connectivity index (χ3n) is 9.34. The molecule has 0 spiro atoms. The first-order valence-electron chi connectivity index (χ1n) is 15.4. The zero-order chi connectivity index (χ0) is 30.4. The molecular weight excluding hydrogens is 583 g/mol. The van der Waals surface area contributed by atoms with E-state index in [9.17, 15) is 14.3 Å². The number of benzene rings is 3. The Hall–Kier alpha value is -3.66. The van der Waals surface area contributed by atoms with Crippen molar-refractivity contribution in [3.05, 3.63) is 88.0 Å². The van der Waals surface area contributed by atoms with Crippen LogP contribution in [0.25, 0.3) is 11.0 Å². The molecule has 230 valence electrons. The van der Waals surface area contributed by atoms with Gasteiger partial charge >= 0.3 is 5.97 Å². The number of nitrogens with zero attached hydrogens (tertiary/aromatic N) is 4. The average Bonchev–Trinajstić information content (AvgIpc) is 3.73. The zero-order valence-corrected chi connectivity index (χ0v) is 25.5. The second kappa shape index (κ2) is 11.7.